The standard InChI is InChI=1S/C17H21N3O3S/c1-17(15-14(11-18-19-15)24(2,22)23)9-6-10-20(12-17)16(21)13-7-4-3-5-8-13/h3-5,7-8,11H,6,9-10,12H2,1-2H3,(H,18,19). The van der Waals surface area contributed by atoms with Crippen molar-refractivity contribution in [1.82, 2.24) is 15.1 Å². The fourth-order valence-corrected chi connectivity index (χ4v) is 4.28. The first kappa shape index (κ1) is 16.7. The van der Waals surface area contributed by atoms with E-state index in [4.69, 9.17) is 0 Å². The van der Waals surface area contributed by atoms with Crippen molar-refractivity contribution in [2.24, 2.45) is 0 Å². The Morgan fingerprint density at radius 3 is 2.67 bits per heavy atom. The van der Waals surface area contributed by atoms with E-state index in [9.17, 15) is 13.2 Å². The van der Waals surface area contributed by atoms with Crippen LogP contribution in [0.4, 0.5) is 0 Å². The second-order valence-electron chi connectivity index (χ2n) is 6.64. The molecule has 1 aromatic heterocycles. The summed E-state index contributed by atoms with van der Waals surface area (Å²) in [5.74, 6) is -0.0260. The third-order valence-corrected chi connectivity index (χ3v) is 5.72. The van der Waals surface area contributed by atoms with E-state index < -0.39 is 15.3 Å². The maximum Gasteiger partial charge on any atom is 0.253 e. The number of benzene rings is 1. The maximum atomic E-state index is 12.7. The number of aromatic amines is 1. The van der Waals surface area contributed by atoms with Crippen LogP contribution in [0.15, 0.2) is 41.4 Å². The SMILES string of the molecule is CC1(c2[nH]ncc2S(C)(=O)=O)CCCN(C(=O)c2ccccc2)C1. The summed E-state index contributed by atoms with van der Waals surface area (Å²) in [4.78, 5) is 14.7. The Morgan fingerprint density at radius 2 is 2.00 bits per heavy atom. The molecule has 1 saturated heterocycles. The zero-order chi connectivity index (χ0) is 17.4. The fourth-order valence-electron chi connectivity index (χ4n) is 3.37. The van der Waals surface area contributed by atoms with Crippen molar-refractivity contribution < 1.29 is 13.2 Å². The average molecular weight is 347 g/mol. The van der Waals surface area contributed by atoms with Crippen LogP contribution < -0.4 is 0 Å². The summed E-state index contributed by atoms with van der Waals surface area (Å²) >= 11 is 0. The van der Waals surface area contributed by atoms with E-state index in [-0.39, 0.29) is 10.8 Å². The minimum absolute atomic E-state index is 0.0260. The van der Waals surface area contributed by atoms with E-state index in [1.807, 2.05) is 25.1 Å². The summed E-state index contributed by atoms with van der Waals surface area (Å²) in [6.07, 6.45) is 4.15. The molecule has 1 amide bonds. The summed E-state index contributed by atoms with van der Waals surface area (Å²) < 4.78 is 24.0. The summed E-state index contributed by atoms with van der Waals surface area (Å²) in [7, 11) is -3.36. The second-order valence-corrected chi connectivity index (χ2v) is 8.62. The number of likely N-dealkylation sites (tertiary alicyclic amines) is 1. The summed E-state index contributed by atoms with van der Waals surface area (Å²) in [6, 6.07) is 9.15. The van der Waals surface area contributed by atoms with Crippen LogP contribution in [0.1, 0.15) is 35.8 Å². The Balaban J connectivity index is 1.90. The topological polar surface area (TPSA) is 83.1 Å². The van der Waals surface area contributed by atoms with Gasteiger partial charge in [0.2, 0.25) is 0 Å². The highest BCUT2D eigenvalue weighted by Crippen LogP contribution is 2.36. The maximum absolute atomic E-state index is 12.7. The number of sulfone groups is 1. The molecule has 1 aromatic carbocycles. The van der Waals surface area contributed by atoms with Gasteiger partial charge in [-0.3, -0.25) is 9.89 Å². The molecule has 1 N–H and O–H groups in total. The predicted molar refractivity (Wildman–Crippen MR) is 90.6 cm³/mol. The smallest absolute Gasteiger partial charge is 0.253 e. The van der Waals surface area contributed by atoms with Crippen molar-refractivity contribution in [3.63, 3.8) is 0 Å². The van der Waals surface area contributed by atoms with E-state index >= 15 is 0 Å². The van der Waals surface area contributed by atoms with E-state index in [2.05, 4.69) is 10.2 Å². The van der Waals surface area contributed by atoms with Crippen LogP contribution >= 0.6 is 0 Å². The lowest BCUT2D eigenvalue weighted by molar-refractivity contribution is 0.0645. The minimum Gasteiger partial charge on any atom is -0.338 e. The van der Waals surface area contributed by atoms with Crippen LogP contribution in [0.25, 0.3) is 0 Å². The predicted octanol–water partition coefficient (Wildman–Crippen LogP) is 2.01. The Kier molecular flexibility index (Phi) is 4.21. The molecule has 0 saturated carbocycles. The fraction of sp³-hybridized carbons (Fsp3) is 0.412. The first-order valence-corrected chi connectivity index (χ1v) is 9.79. The normalized spacial score (nSPS) is 21.7. The van der Waals surface area contributed by atoms with Crippen LogP contribution in [0, 0.1) is 0 Å². The van der Waals surface area contributed by atoms with Crippen LogP contribution in [0.5, 0.6) is 0 Å². The second kappa shape index (κ2) is 6.05. The van der Waals surface area contributed by atoms with Crippen LogP contribution in [-0.2, 0) is 15.3 Å². The number of nitrogens with one attached hydrogen (secondary N) is 1. The van der Waals surface area contributed by atoms with Gasteiger partial charge in [0, 0.05) is 30.3 Å². The molecule has 0 aliphatic carbocycles. The molecule has 24 heavy (non-hydrogen) atoms. The molecule has 1 unspecified atom stereocenters. The Labute approximate surface area is 141 Å². The quantitative estimate of drug-likeness (QED) is 0.920. The average Bonchev–Trinajstić information content (AvgIpc) is 3.06. The number of carbonyl (C=O) groups is 1. The van der Waals surface area contributed by atoms with Crippen LogP contribution in [0.2, 0.25) is 0 Å². The Morgan fingerprint density at radius 1 is 1.29 bits per heavy atom. The van der Waals surface area contributed by atoms with Crippen molar-refractivity contribution in [1.29, 1.82) is 0 Å². The van der Waals surface area contributed by atoms with Gasteiger partial charge in [0.05, 0.1) is 11.9 Å². The molecular weight excluding hydrogens is 326 g/mol. The molecular formula is C17H21N3O3S. The zero-order valence-electron chi connectivity index (χ0n) is 13.8. The van der Waals surface area contributed by atoms with Gasteiger partial charge in [0.1, 0.15) is 4.90 Å². The van der Waals surface area contributed by atoms with Crippen molar-refractivity contribution >= 4 is 15.7 Å². The number of H-pyrrole nitrogens is 1. The first-order chi connectivity index (χ1) is 11.3. The monoisotopic (exact) mass is 347 g/mol. The van der Waals surface area contributed by atoms with Gasteiger partial charge in [0.15, 0.2) is 9.84 Å². The van der Waals surface area contributed by atoms with Gasteiger partial charge in [-0.05, 0) is 25.0 Å². The number of hydrogen-bond acceptors (Lipinski definition) is 4. The van der Waals surface area contributed by atoms with Gasteiger partial charge in [0.25, 0.3) is 5.91 Å². The van der Waals surface area contributed by atoms with Gasteiger partial charge >= 0.3 is 0 Å². The lowest BCUT2D eigenvalue weighted by atomic mass is 9.79. The number of aromatic nitrogens is 2. The van der Waals surface area contributed by atoms with E-state index in [1.54, 1.807) is 17.0 Å². The van der Waals surface area contributed by atoms with Crippen molar-refractivity contribution in [3.8, 4) is 0 Å². The summed E-state index contributed by atoms with van der Waals surface area (Å²) in [6.45, 7) is 3.12. The van der Waals surface area contributed by atoms with Crippen molar-refractivity contribution in [2.75, 3.05) is 19.3 Å². The molecule has 0 radical (unpaired) electrons. The lowest BCUT2D eigenvalue weighted by Crippen LogP contribution is -2.47. The number of carbonyl (C=O) groups excluding carboxylic acids is 1. The Bertz CT molecular complexity index is 845. The van der Waals surface area contributed by atoms with Gasteiger partial charge < -0.3 is 4.90 Å². The molecule has 1 aliphatic heterocycles. The molecule has 0 spiro atoms. The van der Waals surface area contributed by atoms with Crippen LogP contribution in [-0.4, -0.2) is 48.8 Å². The molecule has 0 bridgehead atoms. The number of amides is 1. The zero-order valence-corrected chi connectivity index (χ0v) is 14.6. The summed E-state index contributed by atoms with van der Waals surface area (Å²) in [5, 5.41) is 6.78. The van der Waals surface area contributed by atoms with Crippen molar-refractivity contribution in [2.45, 2.75) is 30.1 Å². The first-order valence-electron chi connectivity index (χ1n) is 7.89. The van der Waals surface area contributed by atoms with Gasteiger partial charge in [-0.1, -0.05) is 25.1 Å². The molecule has 2 heterocycles. The van der Waals surface area contributed by atoms with Crippen LogP contribution in [0.3, 0.4) is 0 Å². The molecule has 3 rings (SSSR count). The third kappa shape index (κ3) is 3.08. The highest BCUT2D eigenvalue weighted by molar-refractivity contribution is 7.90. The number of nitrogens with zero attached hydrogens (tertiary/aromatic N) is 2. The molecule has 7 heteroatoms. The number of piperidine rings is 1. The number of rotatable bonds is 3. The Hall–Kier alpha value is -2.15. The van der Waals surface area contributed by atoms with Gasteiger partial charge in [-0.2, -0.15) is 5.10 Å². The largest absolute Gasteiger partial charge is 0.338 e. The van der Waals surface area contributed by atoms with E-state index in [1.165, 1.54) is 12.5 Å². The molecule has 1 aliphatic rings. The van der Waals surface area contributed by atoms with Crippen molar-refractivity contribution in [3.05, 3.63) is 47.8 Å². The summed E-state index contributed by atoms with van der Waals surface area (Å²) in [5.41, 5.74) is 0.780. The molecule has 6 nitrogen and oxygen atoms in total. The highest BCUT2D eigenvalue weighted by atomic mass is 32.2. The molecule has 128 valence electrons. The third-order valence-electron chi connectivity index (χ3n) is 4.61. The van der Waals surface area contributed by atoms with E-state index in [0.29, 0.717) is 24.3 Å². The lowest BCUT2D eigenvalue weighted by Gasteiger charge is -2.40. The molecule has 1 atom stereocenters. The highest BCUT2D eigenvalue weighted by Gasteiger charge is 2.39. The van der Waals surface area contributed by atoms with Gasteiger partial charge in [-0.25, -0.2) is 8.42 Å². The minimum atomic E-state index is -3.36. The van der Waals surface area contributed by atoms with E-state index in [0.717, 1.165) is 12.8 Å². The molecule has 1 fully saturated rings. The van der Waals surface area contributed by atoms with Gasteiger partial charge in [-0.15, -0.1) is 0 Å². The molecule has 2 aromatic rings. The number of hydrogen-bond donors (Lipinski definition) is 1.